The molecule has 0 aliphatic heterocycles. The molecule has 116 valence electrons. The SMILES string of the molecule is O=C(O)CN(c1cccc(Br)c1)S(=O)(=O)c1ccc(Br)cc1. The summed E-state index contributed by atoms with van der Waals surface area (Å²) >= 11 is 6.49. The summed E-state index contributed by atoms with van der Waals surface area (Å²) in [6.45, 7) is -0.658. The molecule has 2 aromatic carbocycles. The molecular weight excluding hydrogens is 438 g/mol. The Balaban J connectivity index is 2.53. The van der Waals surface area contributed by atoms with Gasteiger partial charge in [0.15, 0.2) is 0 Å². The van der Waals surface area contributed by atoms with E-state index in [-0.39, 0.29) is 10.6 Å². The standard InChI is InChI=1S/C14H11Br2NO4S/c15-10-4-6-13(7-5-10)22(20,21)17(9-14(18)19)12-3-1-2-11(16)8-12/h1-8H,9H2,(H,18,19). The first-order valence-electron chi connectivity index (χ1n) is 6.06. The van der Waals surface area contributed by atoms with Gasteiger partial charge in [-0.25, -0.2) is 8.42 Å². The number of carboxylic acid groups (broad SMARTS) is 1. The molecule has 0 unspecified atom stereocenters. The molecule has 0 saturated heterocycles. The van der Waals surface area contributed by atoms with Gasteiger partial charge >= 0.3 is 5.97 Å². The summed E-state index contributed by atoms with van der Waals surface area (Å²) in [6, 6.07) is 12.5. The maximum Gasteiger partial charge on any atom is 0.324 e. The average Bonchev–Trinajstić information content (AvgIpc) is 2.45. The first-order valence-corrected chi connectivity index (χ1v) is 9.09. The van der Waals surface area contributed by atoms with E-state index in [1.165, 1.54) is 12.1 Å². The Hall–Kier alpha value is -1.38. The summed E-state index contributed by atoms with van der Waals surface area (Å²) in [5.41, 5.74) is 0.277. The van der Waals surface area contributed by atoms with Crippen molar-refractivity contribution in [3.63, 3.8) is 0 Å². The van der Waals surface area contributed by atoms with Crippen molar-refractivity contribution in [3.05, 3.63) is 57.5 Å². The predicted molar refractivity (Wildman–Crippen MR) is 90.5 cm³/mol. The molecule has 0 radical (unpaired) electrons. The van der Waals surface area contributed by atoms with Crippen molar-refractivity contribution in [1.29, 1.82) is 0 Å². The second kappa shape index (κ2) is 6.80. The van der Waals surface area contributed by atoms with Crippen molar-refractivity contribution >= 4 is 53.5 Å². The van der Waals surface area contributed by atoms with Crippen molar-refractivity contribution in [3.8, 4) is 0 Å². The first kappa shape index (κ1) is 17.0. The number of anilines is 1. The normalized spacial score (nSPS) is 11.2. The van der Waals surface area contributed by atoms with Crippen LogP contribution in [0.1, 0.15) is 0 Å². The largest absolute Gasteiger partial charge is 0.480 e. The van der Waals surface area contributed by atoms with Gasteiger partial charge in [-0.05, 0) is 42.5 Å². The molecule has 0 aliphatic carbocycles. The number of aliphatic carboxylic acids is 1. The minimum Gasteiger partial charge on any atom is -0.480 e. The van der Waals surface area contributed by atoms with Crippen LogP contribution >= 0.6 is 31.9 Å². The topological polar surface area (TPSA) is 74.7 Å². The lowest BCUT2D eigenvalue weighted by Gasteiger charge is -2.23. The van der Waals surface area contributed by atoms with E-state index in [9.17, 15) is 13.2 Å². The predicted octanol–water partition coefficient (Wildman–Crippen LogP) is 3.49. The fraction of sp³-hybridized carbons (Fsp3) is 0.0714. The van der Waals surface area contributed by atoms with Gasteiger partial charge < -0.3 is 5.11 Å². The number of hydrogen-bond donors (Lipinski definition) is 1. The van der Waals surface area contributed by atoms with Crippen molar-refractivity contribution in [2.45, 2.75) is 4.90 Å². The fourth-order valence-electron chi connectivity index (χ4n) is 1.80. The third-order valence-corrected chi connectivity index (χ3v) is 5.59. The molecule has 0 spiro atoms. The van der Waals surface area contributed by atoms with E-state index in [1.807, 2.05) is 0 Å². The molecule has 0 amide bonds. The van der Waals surface area contributed by atoms with Crippen LogP contribution in [0.3, 0.4) is 0 Å². The van der Waals surface area contributed by atoms with Crippen LogP contribution in [-0.4, -0.2) is 26.0 Å². The van der Waals surface area contributed by atoms with Crippen LogP contribution < -0.4 is 4.31 Å². The lowest BCUT2D eigenvalue weighted by molar-refractivity contribution is -0.135. The van der Waals surface area contributed by atoms with Crippen molar-refractivity contribution in [1.82, 2.24) is 0 Å². The van der Waals surface area contributed by atoms with Gasteiger partial charge in [0, 0.05) is 8.95 Å². The molecule has 2 rings (SSSR count). The molecule has 0 aliphatic rings. The monoisotopic (exact) mass is 447 g/mol. The molecule has 0 bridgehead atoms. The molecule has 22 heavy (non-hydrogen) atoms. The van der Waals surface area contributed by atoms with E-state index in [0.717, 1.165) is 8.78 Å². The summed E-state index contributed by atoms with van der Waals surface area (Å²) in [7, 11) is -3.97. The van der Waals surface area contributed by atoms with Gasteiger partial charge in [-0.1, -0.05) is 37.9 Å². The molecule has 0 aromatic heterocycles. The van der Waals surface area contributed by atoms with E-state index in [1.54, 1.807) is 36.4 Å². The number of halogens is 2. The zero-order chi connectivity index (χ0) is 16.3. The highest BCUT2D eigenvalue weighted by Crippen LogP contribution is 2.26. The molecule has 1 N–H and O–H groups in total. The third-order valence-electron chi connectivity index (χ3n) is 2.78. The maximum atomic E-state index is 12.7. The second-order valence-electron chi connectivity index (χ2n) is 4.34. The van der Waals surface area contributed by atoms with Gasteiger partial charge in [0.2, 0.25) is 0 Å². The van der Waals surface area contributed by atoms with E-state index in [2.05, 4.69) is 31.9 Å². The molecule has 0 atom stereocenters. The van der Waals surface area contributed by atoms with Gasteiger partial charge in [0.1, 0.15) is 6.54 Å². The Morgan fingerprint density at radius 3 is 2.23 bits per heavy atom. The minimum atomic E-state index is -3.97. The molecule has 0 heterocycles. The number of hydrogen-bond acceptors (Lipinski definition) is 3. The fourth-order valence-corrected chi connectivity index (χ4v) is 3.86. The van der Waals surface area contributed by atoms with Gasteiger partial charge in [-0.3, -0.25) is 9.10 Å². The average molecular weight is 449 g/mol. The summed E-state index contributed by atoms with van der Waals surface area (Å²) in [5.74, 6) is -1.24. The zero-order valence-corrected chi connectivity index (χ0v) is 15.1. The van der Waals surface area contributed by atoms with Crippen LogP contribution in [0.25, 0.3) is 0 Å². The highest BCUT2D eigenvalue weighted by atomic mass is 79.9. The van der Waals surface area contributed by atoms with Gasteiger partial charge in [0.25, 0.3) is 10.0 Å². The smallest absolute Gasteiger partial charge is 0.324 e. The van der Waals surface area contributed by atoms with Crippen molar-refractivity contribution in [2.24, 2.45) is 0 Å². The Kier molecular flexibility index (Phi) is 5.25. The van der Waals surface area contributed by atoms with Gasteiger partial charge in [-0.15, -0.1) is 0 Å². The highest BCUT2D eigenvalue weighted by molar-refractivity contribution is 9.10. The summed E-state index contributed by atoms with van der Waals surface area (Å²) in [6.07, 6.45) is 0. The van der Waals surface area contributed by atoms with Gasteiger partial charge in [-0.2, -0.15) is 0 Å². The number of carboxylic acids is 1. The molecule has 8 heteroatoms. The molecule has 0 saturated carbocycles. The van der Waals surface area contributed by atoms with E-state index in [4.69, 9.17) is 5.11 Å². The first-order chi connectivity index (χ1) is 10.3. The van der Waals surface area contributed by atoms with Crippen molar-refractivity contribution in [2.75, 3.05) is 10.8 Å². The van der Waals surface area contributed by atoms with Crippen LogP contribution in [0.5, 0.6) is 0 Å². The summed E-state index contributed by atoms with van der Waals surface area (Å²) in [5, 5.41) is 9.04. The minimum absolute atomic E-state index is 0.0249. The number of benzene rings is 2. The third kappa shape index (κ3) is 3.88. The quantitative estimate of drug-likeness (QED) is 0.759. The van der Waals surface area contributed by atoms with Crippen LogP contribution in [-0.2, 0) is 14.8 Å². The van der Waals surface area contributed by atoms with Crippen LogP contribution in [0.15, 0.2) is 62.4 Å². The lowest BCUT2D eigenvalue weighted by Crippen LogP contribution is -2.35. The van der Waals surface area contributed by atoms with Crippen molar-refractivity contribution < 1.29 is 18.3 Å². The number of nitrogens with zero attached hydrogens (tertiary/aromatic N) is 1. The van der Waals surface area contributed by atoms with E-state index < -0.39 is 22.5 Å². The second-order valence-corrected chi connectivity index (χ2v) is 8.03. The maximum absolute atomic E-state index is 12.7. The Bertz CT molecular complexity index is 791. The lowest BCUT2D eigenvalue weighted by atomic mass is 10.3. The summed E-state index contributed by atoms with van der Waals surface area (Å²) < 4.78 is 27.7. The van der Waals surface area contributed by atoms with Gasteiger partial charge in [0.05, 0.1) is 10.6 Å². The molecule has 2 aromatic rings. The van der Waals surface area contributed by atoms with Crippen LogP contribution in [0, 0.1) is 0 Å². The number of carbonyl (C=O) groups is 1. The molecule has 0 fully saturated rings. The number of rotatable bonds is 5. The van der Waals surface area contributed by atoms with E-state index in [0.29, 0.717) is 4.47 Å². The molecule has 5 nitrogen and oxygen atoms in total. The number of sulfonamides is 1. The Morgan fingerprint density at radius 1 is 1.05 bits per heavy atom. The Labute approximate surface area is 144 Å². The van der Waals surface area contributed by atoms with Crippen LogP contribution in [0.2, 0.25) is 0 Å². The Morgan fingerprint density at radius 2 is 1.68 bits per heavy atom. The van der Waals surface area contributed by atoms with E-state index >= 15 is 0 Å². The molecular formula is C14H11Br2NO4S. The van der Waals surface area contributed by atoms with Crippen LogP contribution in [0.4, 0.5) is 5.69 Å². The summed E-state index contributed by atoms with van der Waals surface area (Å²) in [4.78, 5) is 11.1. The zero-order valence-electron chi connectivity index (χ0n) is 11.1. The highest BCUT2D eigenvalue weighted by Gasteiger charge is 2.27.